The molecule has 1 aromatic carbocycles. The molecule has 0 bridgehead atoms. The first-order chi connectivity index (χ1) is 8.33. The smallest absolute Gasteiger partial charge is 0.00433 e. The molecule has 1 aliphatic carbocycles. The molecule has 92 valence electrons. The molecule has 0 amide bonds. The molecule has 2 fully saturated rings. The third-order valence-corrected chi connectivity index (χ3v) is 5.30. The van der Waals surface area contributed by atoms with Crippen LogP contribution in [0.15, 0.2) is 30.3 Å². The van der Waals surface area contributed by atoms with E-state index in [1.807, 2.05) is 0 Å². The summed E-state index contributed by atoms with van der Waals surface area (Å²) >= 11 is 0. The van der Waals surface area contributed by atoms with Crippen molar-refractivity contribution in [2.75, 3.05) is 13.1 Å². The fourth-order valence-corrected chi connectivity index (χ4v) is 4.25. The van der Waals surface area contributed by atoms with Crippen LogP contribution in [0.2, 0.25) is 0 Å². The van der Waals surface area contributed by atoms with Crippen LogP contribution < -0.4 is 5.32 Å². The van der Waals surface area contributed by atoms with Gasteiger partial charge in [0.1, 0.15) is 0 Å². The Labute approximate surface area is 105 Å². The molecular weight excluding hydrogens is 206 g/mol. The number of hydrogen-bond acceptors (Lipinski definition) is 1. The molecule has 1 aliphatic heterocycles. The van der Waals surface area contributed by atoms with E-state index < -0.39 is 0 Å². The molecule has 1 saturated heterocycles. The lowest BCUT2D eigenvalue weighted by Crippen LogP contribution is -2.41. The zero-order valence-corrected chi connectivity index (χ0v) is 10.8. The second kappa shape index (κ2) is 4.45. The average Bonchev–Trinajstić information content (AvgIpc) is 2.69. The van der Waals surface area contributed by atoms with Gasteiger partial charge in [0.15, 0.2) is 0 Å². The summed E-state index contributed by atoms with van der Waals surface area (Å²) in [5, 5.41) is 3.53. The van der Waals surface area contributed by atoms with Crippen LogP contribution in [0.3, 0.4) is 0 Å². The first-order valence-electron chi connectivity index (χ1n) is 7.08. The van der Waals surface area contributed by atoms with Crippen molar-refractivity contribution in [3.8, 4) is 0 Å². The largest absolute Gasteiger partial charge is 0.317 e. The zero-order valence-electron chi connectivity index (χ0n) is 10.8. The highest BCUT2D eigenvalue weighted by atomic mass is 14.9. The molecule has 1 heterocycles. The summed E-state index contributed by atoms with van der Waals surface area (Å²) in [6, 6.07) is 11.2. The fraction of sp³-hybridized carbons (Fsp3) is 0.625. The lowest BCUT2D eigenvalue weighted by atomic mass is 9.64. The number of nitrogens with one attached hydrogen (secondary N) is 1. The van der Waals surface area contributed by atoms with Gasteiger partial charge in [-0.15, -0.1) is 0 Å². The Morgan fingerprint density at radius 1 is 1.06 bits per heavy atom. The maximum Gasteiger partial charge on any atom is -0.00433 e. The second-order valence-electron chi connectivity index (χ2n) is 5.92. The lowest BCUT2D eigenvalue weighted by molar-refractivity contribution is 0.126. The molecule has 1 heteroatoms. The van der Waals surface area contributed by atoms with Gasteiger partial charge < -0.3 is 5.32 Å². The molecule has 1 nitrogen and oxygen atoms in total. The lowest BCUT2D eigenvalue weighted by Gasteiger charge is -2.43. The first kappa shape index (κ1) is 11.3. The van der Waals surface area contributed by atoms with Gasteiger partial charge in [-0.1, -0.05) is 37.3 Å². The van der Waals surface area contributed by atoms with Gasteiger partial charge in [0.25, 0.3) is 0 Å². The summed E-state index contributed by atoms with van der Waals surface area (Å²) in [6.07, 6.45) is 5.55. The summed E-state index contributed by atoms with van der Waals surface area (Å²) in [4.78, 5) is 0. The van der Waals surface area contributed by atoms with E-state index in [-0.39, 0.29) is 0 Å². The fourth-order valence-electron chi connectivity index (χ4n) is 4.25. The highest BCUT2D eigenvalue weighted by Gasteiger charge is 2.48. The zero-order chi connectivity index (χ0) is 11.7. The molecule has 1 aromatic rings. The van der Waals surface area contributed by atoms with E-state index in [1.165, 1.54) is 38.8 Å². The predicted octanol–water partition coefficient (Wildman–Crippen LogP) is 3.57. The monoisotopic (exact) mass is 229 g/mol. The Morgan fingerprint density at radius 3 is 2.47 bits per heavy atom. The molecule has 2 aliphatic rings. The minimum absolute atomic E-state index is 0.590. The predicted molar refractivity (Wildman–Crippen MR) is 72.1 cm³/mol. The van der Waals surface area contributed by atoms with Gasteiger partial charge in [0.2, 0.25) is 0 Å². The summed E-state index contributed by atoms with van der Waals surface area (Å²) < 4.78 is 0. The van der Waals surface area contributed by atoms with E-state index in [0.717, 1.165) is 11.8 Å². The Bertz CT molecular complexity index is 364. The SMILES string of the molecule is CC1CCC(c2ccccc2)C12CCNCC2. The van der Waals surface area contributed by atoms with E-state index in [1.54, 1.807) is 5.56 Å². The normalized spacial score (nSPS) is 31.8. The third kappa shape index (κ3) is 1.81. The van der Waals surface area contributed by atoms with Gasteiger partial charge >= 0.3 is 0 Å². The minimum Gasteiger partial charge on any atom is -0.317 e. The van der Waals surface area contributed by atoms with Crippen molar-refractivity contribution in [1.82, 2.24) is 5.32 Å². The van der Waals surface area contributed by atoms with E-state index >= 15 is 0 Å². The Hall–Kier alpha value is -0.820. The van der Waals surface area contributed by atoms with Crippen molar-refractivity contribution in [3.05, 3.63) is 35.9 Å². The van der Waals surface area contributed by atoms with E-state index in [9.17, 15) is 0 Å². The Kier molecular flexibility index (Phi) is 2.96. The van der Waals surface area contributed by atoms with Crippen LogP contribution in [0, 0.1) is 11.3 Å². The van der Waals surface area contributed by atoms with Crippen molar-refractivity contribution >= 4 is 0 Å². The van der Waals surface area contributed by atoms with Gasteiger partial charge in [-0.2, -0.15) is 0 Å². The molecule has 17 heavy (non-hydrogen) atoms. The molecular formula is C16H23N. The summed E-state index contributed by atoms with van der Waals surface area (Å²) in [5.41, 5.74) is 2.17. The summed E-state index contributed by atoms with van der Waals surface area (Å²) in [5.74, 6) is 1.70. The van der Waals surface area contributed by atoms with Crippen LogP contribution >= 0.6 is 0 Å². The van der Waals surface area contributed by atoms with Gasteiger partial charge in [-0.3, -0.25) is 0 Å². The number of piperidine rings is 1. The maximum atomic E-state index is 3.53. The maximum absolute atomic E-state index is 3.53. The molecule has 1 spiro atoms. The van der Waals surface area contributed by atoms with Crippen molar-refractivity contribution in [2.24, 2.45) is 11.3 Å². The van der Waals surface area contributed by atoms with Crippen LogP contribution in [0.1, 0.15) is 44.1 Å². The minimum atomic E-state index is 0.590. The number of benzene rings is 1. The Morgan fingerprint density at radius 2 is 1.76 bits per heavy atom. The third-order valence-electron chi connectivity index (χ3n) is 5.30. The number of rotatable bonds is 1. The van der Waals surface area contributed by atoms with Crippen LogP contribution in [0.5, 0.6) is 0 Å². The highest BCUT2D eigenvalue weighted by molar-refractivity contribution is 5.25. The standard InChI is InChI=1S/C16H23N/c1-13-7-8-15(14-5-3-2-4-6-14)16(13)9-11-17-12-10-16/h2-6,13,15,17H,7-12H2,1H3. The van der Waals surface area contributed by atoms with Crippen molar-refractivity contribution < 1.29 is 0 Å². The Balaban J connectivity index is 1.93. The number of hydrogen-bond donors (Lipinski definition) is 1. The summed E-state index contributed by atoms with van der Waals surface area (Å²) in [6.45, 7) is 4.91. The molecule has 1 N–H and O–H groups in total. The van der Waals surface area contributed by atoms with Crippen molar-refractivity contribution in [2.45, 2.75) is 38.5 Å². The van der Waals surface area contributed by atoms with Gasteiger partial charge in [0, 0.05) is 0 Å². The highest BCUT2D eigenvalue weighted by Crippen LogP contribution is 2.57. The van der Waals surface area contributed by atoms with Gasteiger partial charge in [0.05, 0.1) is 0 Å². The molecule has 0 radical (unpaired) electrons. The van der Waals surface area contributed by atoms with Crippen LogP contribution in [0.4, 0.5) is 0 Å². The van der Waals surface area contributed by atoms with E-state index in [2.05, 4.69) is 42.6 Å². The molecule has 1 saturated carbocycles. The van der Waals surface area contributed by atoms with Crippen molar-refractivity contribution in [3.63, 3.8) is 0 Å². The topological polar surface area (TPSA) is 12.0 Å². The van der Waals surface area contributed by atoms with E-state index in [0.29, 0.717) is 5.41 Å². The van der Waals surface area contributed by atoms with Crippen molar-refractivity contribution in [1.29, 1.82) is 0 Å². The van der Waals surface area contributed by atoms with Crippen LogP contribution in [-0.2, 0) is 0 Å². The van der Waals surface area contributed by atoms with Gasteiger partial charge in [-0.25, -0.2) is 0 Å². The molecule has 2 unspecified atom stereocenters. The molecule has 2 atom stereocenters. The van der Waals surface area contributed by atoms with Gasteiger partial charge in [-0.05, 0) is 61.6 Å². The van der Waals surface area contributed by atoms with E-state index in [4.69, 9.17) is 0 Å². The molecule has 0 aromatic heterocycles. The quantitative estimate of drug-likeness (QED) is 0.776. The second-order valence-corrected chi connectivity index (χ2v) is 5.92. The first-order valence-corrected chi connectivity index (χ1v) is 7.08. The summed E-state index contributed by atoms with van der Waals surface area (Å²) in [7, 11) is 0. The van der Waals surface area contributed by atoms with Crippen LogP contribution in [-0.4, -0.2) is 13.1 Å². The molecule has 3 rings (SSSR count). The average molecular weight is 229 g/mol. The van der Waals surface area contributed by atoms with Crippen LogP contribution in [0.25, 0.3) is 0 Å².